The van der Waals surface area contributed by atoms with Crippen LogP contribution in [0.2, 0.25) is 0 Å². The summed E-state index contributed by atoms with van der Waals surface area (Å²) in [7, 11) is 3.27. The third-order valence-corrected chi connectivity index (χ3v) is 9.51. The van der Waals surface area contributed by atoms with Gasteiger partial charge in [-0.25, -0.2) is 9.97 Å². The first kappa shape index (κ1) is 35.7. The molecule has 0 saturated carbocycles. The smallest absolute Gasteiger partial charge is 0.251 e. The maximum absolute atomic E-state index is 14.1. The number of aromatic nitrogens is 4. The fraction of sp³-hybridized carbons (Fsp3) is 0.156. The normalized spacial score (nSPS) is 12.1. The van der Waals surface area contributed by atoms with E-state index in [0.29, 0.717) is 29.8 Å². The summed E-state index contributed by atoms with van der Waals surface area (Å²) in [4.78, 5) is 37.6. The van der Waals surface area contributed by atoms with Gasteiger partial charge < -0.3 is 23.9 Å². The van der Waals surface area contributed by atoms with Gasteiger partial charge in [-0.3, -0.25) is 9.59 Å². The Balaban J connectivity index is 1.15. The molecule has 270 valence electrons. The molecule has 1 N–H and O–H groups in total. The molecule has 9 heteroatoms. The van der Waals surface area contributed by atoms with E-state index in [1.807, 2.05) is 119 Å². The maximum Gasteiger partial charge on any atom is 0.251 e. The summed E-state index contributed by atoms with van der Waals surface area (Å²) in [6.45, 7) is 0. The van der Waals surface area contributed by atoms with Crippen molar-refractivity contribution in [1.82, 2.24) is 24.4 Å². The number of methoxy groups -OCH3 is 2. The van der Waals surface area contributed by atoms with Gasteiger partial charge in [-0.1, -0.05) is 72.8 Å². The van der Waals surface area contributed by atoms with Crippen LogP contribution in [0.3, 0.4) is 0 Å². The Bertz CT molecular complexity index is 2140. The number of hydrogen-bond donors (Lipinski definition) is 1. The molecular weight excluding hydrogens is 675 g/mol. The molecule has 0 bridgehead atoms. The second kappa shape index (κ2) is 16.7. The lowest BCUT2D eigenvalue weighted by atomic mass is 9.90. The van der Waals surface area contributed by atoms with Crippen LogP contribution in [-0.2, 0) is 12.8 Å². The molecule has 2 heterocycles. The second-order valence-electron chi connectivity index (χ2n) is 13.0. The van der Waals surface area contributed by atoms with Crippen LogP contribution in [0.5, 0.6) is 11.5 Å². The van der Waals surface area contributed by atoms with Crippen molar-refractivity contribution in [3.05, 3.63) is 192 Å². The lowest BCUT2D eigenvalue weighted by molar-refractivity contribution is 0.0934. The van der Waals surface area contributed by atoms with Crippen LogP contribution in [0.15, 0.2) is 158 Å². The second-order valence-corrected chi connectivity index (χ2v) is 13.0. The summed E-state index contributed by atoms with van der Waals surface area (Å²) in [6, 6.07) is 42.0. The Morgan fingerprint density at radius 2 is 1.13 bits per heavy atom. The van der Waals surface area contributed by atoms with E-state index in [1.165, 1.54) is 0 Å². The van der Waals surface area contributed by atoms with E-state index in [-0.39, 0.29) is 24.0 Å². The highest BCUT2D eigenvalue weighted by atomic mass is 16.5. The molecule has 0 radical (unpaired) electrons. The van der Waals surface area contributed by atoms with E-state index >= 15 is 0 Å². The number of hydrogen-bond acceptors (Lipinski definition) is 6. The molecule has 2 atom stereocenters. The standard InChI is InChI=1S/C45H41N5O4/c1-53-39-20-16-37(17-21-39)49-26-24-46-43(49)36(28-32-10-5-3-6-11-32)31-42(51)34-14-9-15-35(30-34)45(52)48-41(29-33-12-7-4-8-13-33)44-47-25-27-50(44)38-18-22-40(54-2)23-19-38/h3-27,30,36,41H,28-29,31H2,1-2H3,(H,48,52)/t36-,41+/m1/s1. The Labute approximate surface area is 314 Å². The van der Waals surface area contributed by atoms with E-state index in [9.17, 15) is 9.59 Å². The third kappa shape index (κ3) is 8.32. The summed E-state index contributed by atoms with van der Waals surface area (Å²) < 4.78 is 14.7. The van der Waals surface area contributed by atoms with Gasteiger partial charge in [-0.15, -0.1) is 0 Å². The van der Waals surface area contributed by atoms with Crippen LogP contribution in [0.25, 0.3) is 11.4 Å². The molecule has 0 unspecified atom stereocenters. The number of amides is 1. The van der Waals surface area contributed by atoms with Gasteiger partial charge in [-0.05, 0) is 84.6 Å². The van der Waals surface area contributed by atoms with Crippen LogP contribution in [0.4, 0.5) is 0 Å². The van der Waals surface area contributed by atoms with Crippen LogP contribution in [0.1, 0.15) is 61.9 Å². The number of Topliss-reactive ketones (excluding diaryl/α,β-unsaturated/α-hetero) is 1. The zero-order valence-electron chi connectivity index (χ0n) is 30.2. The Morgan fingerprint density at radius 3 is 1.70 bits per heavy atom. The van der Waals surface area contributed by atoms with Gasteiger partial charge in [0.2, 0.25) is 0 Å². The highest BCUT2D eigenvalue weighted by Crippen LogP contribution is 2.29. The number of ether oxygens (including phenoxy) is 2. The average molecular weight is 716 g/mol. The van der Waals surface area contributed by atoms with Crippen LogP contribution < -0.4 is 14.8 Å². The molecular formula is C45H41N5O4. The Hall–Kier alpha value is -6.74. The molecule has 0 aliphatic carbocycles. The zero-order chi connectivity index (χ0) is 37.3. The van der Waals surface area contributed by atoms with Gasteiger partial charge in [0, 0.05) is 59.6 Å². The fourth-order valence-electron chi connectivity index (χ4n) is 6.74. The van der Waals surface area contributed by atoms with Crippen molar-refractivity contribution in [2.75, 3.05) is 14.2 Å². The molecule has 54 heavy (non-hydrogen) atoms. The van der Waals surface area contributed by atoms with E-state index in [4.69, 9.17) is 19.4 Å². The molecule has 0 aliphatic heterocycles. The molecule has 0 aliphatic rings. The van der Waals surface area contributed by atoms with Crippen molar-refractivity contribution in [3.63, 3.8) is 0 Å². The summed E-state index contributed by atoms with van der Waals surface area (Å²) in [5.74, 6) is 2.35. The summed E-state index contributed by atoms with van der Waals surface area (Å²) in [6.07, 6.45) is 8.61. The third-order valence-electron chi connectivity index (χ3n) is 9.51. The van der Waals surface area contributed by atoms with E-state index in [2.05, 4.69) is 17.4 Å². The first-order valence-corrected chi connectivity index (χ1v) is 17.9. The van der Waals surface area contributed by atoms with Crippen molar-refractivity contribution >= 4 is 11.7 Å². The van der Waals surface area contributed by atoms with Gasteiger partial charge in [-0.2, -0.15) is 0 Å². The topological polar surface area (TPSA) is 100 Å². The number of carbonyl (C=O) groups excluding carboxylic acids is 2. The van der Waals surface area contributed by atoms with E-state index in [0.717, 1.165) is 39.8 Å². The molecule has 7 aromatic rings. The number of carbonyl (C=O) groups is 2. The lowest BCUT2D eigenvalue weighted by Crippen LogP contribution is -2.32. The predicted molar refractivity (Wildman–Crippen MR) is 209 cm³/mol. The first-order valence-electron chi connectivity index (χ1n) is 17.9. The molecule has 1 amide bonds. The van der Waals surface area contributed by atoms with Gasteiger partial charge >= 0.3 is 0 Å². The zero-order valence-corrected chi connectivity index (χ0v) is 30.2. The minimum Gasteiger partial charge on any atom is -0.497 e. The first-order chi connectivity index (χ1) is 26.5. The van der Waals surface area contributed by atoms with Crippen LogP contribution in [0, 0.1) is 0 Å². The largest absolute Gasteiger partial charge is 0.497 e. The van der Waals surface area contributed by atoms with Crippen LogP contribution in [-0.4, -0.2) is 45.0 Å². The highest BCUT2D eigenvalue weighted by Gasteiger charge is 2.25. The number of nitrogens with one attached hydrogen (secondary N) is 1. The molecule has 2 aromatic heterocycles. The summed E-state index contributed by atoms with van der Waals surface area (Å²) in [5, 5.41) is 3.23. The minimum absolute atomic E-state index is 0.0780. The molecule has 0 saturated heterocycles. The number of imidazole rings is 2. The van der Waals surface area contributed by atoms with Crippen molar-refractivity contribution in [2.24, 2.45) is 0 Å². The Kier molecular flexibility index (Phi) is 11.0. The lowest BCUT2D eigenvalue weighted by Gasteiger charge is -2.21. The van der Waals surface area contributed by atoms with Gasteiger partial charge in [0.1, 0.15) is 23.1 Å². The van der Waals surface area contributed by atoms with Crippen molar-refractivity contribution < 1.29 is 19.1 Å². The van der Waals surface area contributed by atoms with Crippen molar-refractivity contribution in [3.8, 4) is 22.9 Å². The molecule has 7 rings (SSSR count). The van der Waals surface area contributed by atoms with Crippen molar-refractivity contribution in [1.29, 1.82) is 0 Å². The Morgan fingerprint density at radius 1 is 0.611 bits per heavy atom. The van der Waals surface area contributed by atoms with Gasteiger partial charge in [0.15, 0.2) is 5.78 Å². The average Bonchev–Trinajstić information content (AvgIpc) is 3.93. The van der Waals surface area contributed by atoms with Gasteiger partial charge in [0.25, 0.3) is 5.91 Å². The van der Waals surface area contributed by atoms with E-state index in [1.54, 1.807) is 50.9 Å². The van der Waals surface area contributed by atoms with Gasteiger partial charge in [0.05, 0.1) is 20.3 Å². The number of benzene rings is 5. The minimum atomic E-state index is -0.469. The van der Waals surface area contributed by atoms with E-state index < -0.39 is 6.04 Å². The number of rotatable bonds is 15. The highest BCUT2D eigenvalue weighted by molar-refractivity contribution is 6.01. The fourth-order valence-corrected chi connectivity index (χ4v) is 6.74. The van der Waals surface area contributed by atoms with Crippen molar-refractivity contribution in [2.45, 2.75) is 31.2 Å². The summed E-state index contributed by atoms with van der Waals surface area (Å²) >= 11 is 0. The summed E-state index contributed by atoms with van der Waals surface area (Å²) in [5.41, 5.74) is 4.81. The predicted octanol–water partition coefficient (Wildman–Crippen LogP) is 8.39. The molecule has 0 spiro atoms. The molecule has 5 aromatic carbocycles. The number of nitrogens with zero attached hydrogens (tertiary/aromatic N) is 4. The van der Waals surface area contributed by atoms with Crippen LogP contribution >= 0.6 is 0 Å². The quantitative estimate of drug-likeness (QED) is 0.107. The molecule has 0 fully saturated rings. The SMILES string of the molecule is COc1ccc(-n2ccnc2[C@@H](CC(=O)c2cccc(C(=O)N[C@@H](Cc3ccccc3)c3nccn3-c3ccc(OC)cc3)c2)Cc2ccccc2)cc1. The molecule has 9 nitrogen and oxygen atoms in total. The number of ketones is 1. The maximum atomic E-state index is 14.1. The monoisotopic (exact) mass is 715 g/mol.